The van der Waals surface area contributed by atoms with E-state index in [2.05, 4.69) is 39.0 Å². The number of fused-ring (bicyclic) bond motifs is 1. The molecule has 0 atom stereocenters. The molecule has 2 aliphatic rings. The normalized spacial score (nSPS) is 18.7. The number of aromatic nitrogens is 3. The molecule has 138 valence electrons. The van der Waals surface area contributed by atoms with Gasteiger partial charge < -0.3 is 15.2 Å². The Hall–Kier alpha value is -2.21. The average Bonchev–Trinajstić information content (AvgIpc) is 3.34. The van der Waals surface area contributed by atoms with Crippen LogP contribution in [0.3, 0.4) is 0 Å². The van der Waals surface area contributed by atoms with E-state index in [1.807, 2.05) is 11.0 Å². The third kappa shape index (κ3) is 3.14. The molecule has 0 spiro atoms. The van der Waals surface area contributed by atoms with E-state index in [1.165, 1.54) is 5.56 Å². The van der Waals surface area contributed by atoms with E-state index in [0.717, 1.165) is 63.3 Å². The highest BCUT2D eigenvalue weighted by atomic mass is 16.2. The van der Waals surface area contributed by atoms with Gasteiger partial charge in [-0.1, -0.05) is 43.2 Å². The Morgan fingerprint density at radius 1 is 1.08 bits per heavy atom. The zero-order valence-corrected chi connectivity index (χ0v) is 15.2. The van der Waals surface area contributed by atoms with Crippen LogP contribution in [-0.2, 0) is 30.7 Å². The first-order chi connectivity index (χ1) is 12.7. The lowest BCUT2D eigenvalue weighted by molar-refractivity contribution is -0.143. The van der Waals surface area contributed by atoms with E-state index < -0.39 is 0 Å². The second kappa shape index (κ2) is 7.19. The zero-order valence-electron chi connectivity index (χ0n) is 15.2. The van der Waals surface area contributed by atoms with Gasteiger partial charge >= 0.3 is 0 Å². The number of benzene rings is 1. The highest BCUT2D eigenvalue weighted by molar-refractivity contribution is 5.83. The van der Waals surface area contributed by atoms with Crippen molar-refractivity contribution in [1.82, 2.24) is 19.7 Å². The van der Waals surface area contributed by atoms with Crippen molar-refractivity contribution in [3.05, 3.63) is 47.5 Å². The lowest BCUT2D eigenvalue weighted by atomic mass is 9.84. The van der Waals surface area contributed by atoms with Crippen molar-refractivity contribution in [3.8, 4) is 0 Å². The summed E-state index contributed by atoms with van der Waals surface area (Å²) in [5.41, 5.74) is 6.96. The fraction of sp³-hybridized carbons (Fsp3) is 0.550. The van der Waals surface area contributed by atoms with Gasteiger partial charge in [0.15, 0.2) is 5.82 Å². The second-order valence-electron chi connectivity index (χ2n) is 7.59. The molecule has 1 aliphatic carbocycles. The van der Waals surface area contributed by atoms with Crippen molar-refractivity contribution in [2.45, 2.75) is 51.6 Å². The lowest BCUT2D eigenvalue weighted by Gasteiger charge is -2.35. The summed E-state index contributed by atoms with van der Waals surface area (Å²) < 4.78 is 2.19. The van der Waals surface area contributed by atoms with E-state index >= 15 is 0 Å². The van der Waals surface area contributed by atoms with Gasteiger partial charge in [0, 0.05) is 26.1 Å². The molecule has 1 saturated carbocycles. The van der Waals surface area contributed by atoms with E-state index in [0.29, 0.717) is 13.1 Å². The Bertz CT molecular complexity index is 764. The standard InChI is InChI=1S/C20H27N5O/c21-15-20(10-4-5-11-20)19(26)24-12-13-25-17(22-23-18(25)14-24)9-8-16-6-2-1-3-7-16/h1-3,6-7H,4-5,8-15,21H2. The highest BCUT2D eigenvalue weighted by Crippen LogP contribution is 2.39. The summed E-state index contributed by atoms with van der Waals surface area (Å²) in [5, 5.41) is 8.76. The molecule has 0 saturated heterocycles. The first-order valence-corrected chi connectivity index (χ1v) is 9.66. The molecule has 1 aromatic heterocycles. The zero-order chi connectivity index (χ0) is 18.0. The van der Waals surface area contributed by atoms with Crippen molar-refractivity contribution >= 4 is 5.91 Å². The van der Waals surface area contributed by atoms with Crippen LogP contribution in [-0.4, -0.2) is 38.7 Å². The molecule has 6 nitrogen and oxygen atoms in total. The number of hydrogen-bond donors (Lipinski definition) is 1. The maximum Gasteiger partial charge on any atom is 0.230 e. The number of aryl methyl sites for hydroxylation is 2. The third-order valence-electron chi connectivity index (χ3n) is 6.00. The summed E-state index contributed by atoms with van der Waals surface area (Å²) in [6, 6.07) is 10.4. The smallest absolute Gasteiger partial charge is 0.230 e. The van der Waals surface area contributed by atoms with E-state index in [9.17, 15) is 4.79 Å². The largest absolute Gasteiger partial charge is 0.333 e. The molecular formula is C20H27N5O. The quantitative estimate of drug-likeness (QED) is 0.891. The maximum atomic E-state index is 13.1. The van der Waals surface area contributed by atoms with Crippen molar-refractivity contribution in [3.63, 3.8) is 0 Å². The van der Waals surface area contributed by atoms with Crippen LogP contribution in [0.4, 0.5) is 0 Å². The predicted molar refractivity (Wildman–Crippen MR) is 99.2 cm³/mol. The second-order valence-corrected chi connectivity index (χ2v) is 7.59. The van der Waals surface area contributed by atoms with Gasteiger partial charge in [-0.2, -0.15) is 0 Å². The summed E-state index contributed by atoms with van der Waals surface area (Å²) in [5.74, 6) is 2.14. The minimum atomic E-state index is -0.335. The van der Waals surface area contributed by atoms with E-state index in [-0.39, 0.29) is 11.3 Å². The van der Waals surface area contributed by atoms with Crippen LogP contribution in [0.2, 0.25) is 0 Å². The molecule has 0 bridgehead atoms. The van der Waals surface area contributed by atoms with E-state index in [1.54, 1.807) is 0 Å². The van der Waals surface area contributed by atoms with Crippen LogP contribution >= 0.6 is 0 Å². The monoisotopic (exact) mass is 353 g/mol. The number of carbonyl (C=O) groups excluding carboxylic acids is 1. The number of rotatable bonds is 5. The van der Waals surface area contributed by atoms with Crippen molar-refractivity contribution in [2.24, 2.45) is 11.1 Å². The van der Waals surface area contributed by atoms with Gasteiger partial charge in [-0.15, -0.1) is 10.2 Å². The van der Waals surface area contributed by atoms with Crippen LogP contribution in [0.1, 0.15) is 42.9 Å². The third-order valence-corrected chi connectivity index (χ3v) is 6.00. The number of nitrogens with two attached hydrogens (primary N) is 1. The van der Waals surface area contributed by atoms with Crippen LogP contribution in [0.15, 0.2) is 30.3 Å². The van der Waals surface area contributed by atoms with Crippen molar-refractivity contribution < 1.29 is 4.79 Å². The molecule has 2 heterocycles. The fourth-order valence-electron chi connectivity index (χ4n) is 4.37. The van der Waals surface area contributed by atoms with Gasteiger partial charge in [-0.3, -0.25) is 4.79 Å². The van der Waals surface area contributed by atoms with Gasteiger partial charge in [-0.05, 0) is 24.8 Å². The molecule has 1 aliphatic heterocycles. The summed E-state index contributed by atoms with van der Waals surface area (Å²) in [7, 11) is 0. The van der Waals surface area contributed by atoms with Gasteiger partial charge in [-0.25, -0.2) is 0 Å². The minimum Gasteiger partial charge on any atom is -0.333 e. The summed E-state index contributed by atoms with van der Waals surface area (Å²) >= 11 is 0. The minimum absolute atomic E-state index is 0.220. The molecule has 26 heavy (non-hydrogen) atoms. The van der Waals surface area contributed by atoms with Crippen LogP contribution in [0.25, 0.3) is 0 Å². The van der Waals surface area contributed by atoms with Crippen molar-refractivity contribution in [2.75, 3.05) is 13.1 Å². The number of hydrogen-bond acceptors (Lipinski definition) is 4. The van der Waals surface area contributed by atoms with Crippen LogP contribution < -0.4 is 5.73 Å². The maximum absolute atomic E-state index is 13.1. The molecule has 1 fully saturated rings. The molecule has 2 aromatic rings. The SMILES string of the molecule is NCC1(C(=O)N2CCn3c(CCc4ccccc4)nnc3C2)CCCC1. The van der Waals surface area contributed by atoms with Crippen LogP contribution in [0, 0.1) is 5.41 Å². The predicted octanol–water partition coefficient (Wildman–Crippen LogP) is 1.92. The Balaban J connectivity index is 1.43. The Labute approximate surface area is 154 Å². The molecule has 4 rings (SSSR count). The lowest BCUT2D eigenvalue weighted by Crippen LogP contribution is -2.49. The Morgan fingerprint density at radius 2 is 1.85 bits per heavy atom. The highest BCUT2D eigenvalue weighted by Gasteiger charge is 2.43. The summed E-state index contributed by atoms with van der Waals surface area (Å²) in [6.45, 7) is 2.51. The molecule has 1 aromatic carbocycles. The summed E-state index contributed by atoms with van der Waals surface area (Å²) in [6.07, 6.45) is 5.89. The topological polar surface area (TPSA) is 77.0 Å². The van der Waals surface area contributed by atoms with Gasteiger partial charge in [0.1, 0.15) is 5.82 Å². The number of amides is 1. The number of nitrogens with zero attached hydrogens (tertiary/aromatic N) is 4. The first-order valence-electron chi connectivity index (χ1n) is 9.66. The molecule has 0 radical (unpaired) electrons. The Kier molecular flexibility index (Phi) is 4.76. The molecule has 2 N–H and O–H groups in total. The van der Waals surface area contributed by atoms with Gasteiger partial charge in [0.2, 0.25) is 5.91 Å². The first kappa shape index (κ1) is 17.2. The summed E-state index contributed by atoms with van der Waals surface area (Å²) in [4.78, 5) is 15.0. The molecule has 0 unspecified atom stereocenters. The fourth-order valence-corrected chi connectivity index (χ4v) is 4.37. The molecule has 6 heteroatoms. The van der Waals surface area contributed by atoms with Gasteiger partial charge in [0.25, 0.3) is 0 Å². The molecular weight excluding hydrogens is 326 g/mol. The Morgan fingerprint density at radius 3 is 2.58 bits per heavy atom. The number of carbonyl (C=O) groups is 1. The van der Waals surface area contributed by atoms with Crippen LogP contribution in [0.5, 0.6) is 0 Å². The molecule has 1 amide bonds. The van der Waals surface area contributed by atoms with E-state index in [4.69, 9.17) is 5.73 Å². The van der Waals surface area contributed by atoms with Gasteiger partial charge in [0.05, 0.1) is 12.0 Å². The average molecular weight is 353 g/mol. The van der Waals surface area contributed by atoms with Crippen molar-refractivity contribution in [1.29, 1.82) is 0 Å².